The maximum Gasteiger partial charge on any atom is 0.223 e. The number of amides is 1. The Morgan fingerprint density at radius 3 is 2.78 bits per heavy atom. The number of aldehydes is 1. The molecule has 0 aromatic carbocycles. The van der Waals surface area contributed by atoms with E-state index in [1.165, 1.54) is 19.3 Å². The molecule has 4 nitrogen and oxygen atoms in total. The minimum Gasteiger partial charge on any atom is -0.338 e. The van der Waals surface area contributed by atoms with Gasteiger partial charge in [-0.2, -0.15) is 0 Å². The van der Waals surface area contributed by atoms with E-state index in [9.17, 15) is 9.59 Å². The highest BCUT2D eigenvalue weighted by atomic mass is 16.2. The highest BCUT2D eigenvalue weighted by Gasteiger charge is 2.51. The van der Waals surface area contributed by atoms with Crippen LogP contribution in [0.15, 0.2) is 0 Å². The standard InChI is InChI=1S/C14H24N2O2/c1-11(10-17)9-13(18)16-8-4-3-5-12(16)14(15-2)6-7-14/h10-12,15H,3-9H2,1-2H3. The molecule has 2 rings (SSSR count). The third kappa shape index (κ3) is 2.58. The molecule has 18 heavy (non-hydrogen) atoms. The summed E-state index contributed by atoms with van der Waals surface area (Å²) in [5.41, 5.74) is 0.167. The molecule has 0 radical (unpaired) electrons. The fourth-order valence-electron chi connectivity index (χ4n) is 3.13. The summed E-state index contributed by atoms with van der Waals surface area (Å²) < 4.78 is 0. The highest BCUT2D eigenvalue weighted by molar-refractivity contribution is 5.79. The molecule has 1 aliphatic carbocycles. The Balaban J connectivity index is 2.03. The van der Waals surface area contributed by atoms with Gasteiger partial charge < -0.3 is 15.0 Å². The van der Waals surface area contributed by atoms with Gasteiger partial charge in [-0.3, -0.25) is 4.79 Å². The first-order valence-corrected chi connectivity index (χ1v) is 7.06. The summed E-state index contributed by atoms with van der Waals surface area (Å²) in [5.74, 6) is -0.00867. The van der Waals surface area contributed by atoms with Gasteiger partial charge in [0.05, 0.1) is 0 Å². The summed E-state index contributed by atoms with van der Waals surface area (Å²) in [6, 6.07) is 0.336. The number of rotatable bonds is 5. The maximum atomic E-state index is 12.3. The van der Waals surface area contributed by atoms with Crippen molar-refractivity contribution < 1.29 is 9.59 Å². The topological polar surface area (TPSA) is 49.4 Å². The Kier molecular flexibility index (Phi) is 4.05. The molecule has 1 aliphatic heterocycles. The van der Waals surface area contributed by atoms with Gasteiger partial charge in [0.1, 0.15) is 6.29 Å². The maximum absolute atomic E-state index is 12.3. The van der Waals surface area contributed by atoms with Gasteiger partial charge in [0, 0.05) is 30.5 Å². The minimum absolute atomic E-state index is 0.154. The third-order valence-electron chi connectivity index (χ3n) is 4.48. The Morgan fingerprint density at radius 1 is 1.50 bits per heavy atom. The lowest BCUT2D eigenvalue weighted by molar-refractivity contribution is -0.138. The molecule has 2 fully saturated rings. The molecule has 2 atom stereocenters. The molecule has 4 heteroatoms. The molecular formula is C14H24N2O2. The first-order chi connectivity index (χ1) is 8.63. The minimum atomic E-state index is -0.162. The van der Waals surface area contributed by atoms with E-state index >= 15 is 0 Å². The fourth-order valence-corrected chi connectivity index (χ4v) is 3.13. The lowest BCUT2D eigenvalue weighted by Crippen LogP contribution is -2.55. The zero-order valence-electron chi connectivity index (χ0n) is 11.4. The van der Waals surface area contributed by atoms with Crippen LogP contribution in [0.5, 0.6) is 0 Å². The third-order valence-corrected chi connectivity index (χ3v) is 4.48. The van der Waals surface area contributed by atoms with E-state index in [1.807, 2.05) is 18.9 Å². The highest BCUT2D eigenvalue weighted by Crippen LogP contribution is 2.44. The predicted octanol–water partition coefficient (Wildman–Crippen LogP) is 1.34. The zero-order valence-corrected chi connectivity index (χ0v) is 11.4. The van der Waals surface area contributed by atoms with E-state index in [0.717, 1.165) is 25.7 Å². The van der Waals surface area contributed by atoms with E-state index in [-0.39, 0.29) is 17.4 Å². The van der Waals surface area contributed by atoms with Crippen LogP contribution in [0.4, 0.5) is 0 Å². The number of hydrogen-bond donors (Lipinski definition) is 1. The molecule has 1 saturated heterocycles. The monoisotopic (exact) mass is 252 g/mol. The van der Waals surface area contributed by atoms with Crippen molar-refractivity contribution in [2.45, 2.75) is 57.0 Å². The van der Waals surface area contributed by atoms with Crippen LogP contribution in [-0.2, 0) is 9.59 Å². The Hall–Kier alpha value is -0.900. The molecule has 1 heterocycles. The van der Waals surface area contributed by atoms with E-state index in [1.54, 1.807) is 0 Å². The number of piperidine rings is 1. The van der Waals surface area contributed by atoms with Crippen molar-refractivity contribution >= 4 is 12.2 Å². The van der Waals surface area contributed by atoms with Crippen LogP contribution in [0, 0.1) is 5.92 Å². The summed E-state index contributed by atoms with van der Waals surface area (Å²) in [6.07, 6.45) is 6.98. The largest absolute Gasteiger partial charge is 0.338 e. The Labute approximate surface area is 109 Å². The quantitative estimate of drug-likeness (QED) is 0.751. The molecule has 0 spiro atoms. The van der Waals surface area contributed by atoms with Gasteiger partial charge in [-0.15, -0.1) is 0 Å². The van der Waals surface area contributed by atoms with Gasteiger partial charge >= 0.3 is 0 Å². The van der Waals surface area contributed by atoms with Crippen LogP contribution in [0.25, 0.3) is 0 Å². The van der Waals surface area contributed by atoms with Crippen molar-refractivity contribution in [3.63, 3.8) is 0 Å². The van der Waals surface area contributed by atoms with Gasteiger partial charge in [0.2, 0.25) is 5.91 Å². The molecule has 102 valence electrons. The van der Waals surface area contributed by atoms with Gasteiger partial charge in [-0.1, -0.05) is 6.92 Å². The van der Waals surface area contributed by atoms with Crippen LogP contribution in [0.1, 0.15) is 45.4 Å². The van der Waals surface area contributed by atoms with Gasteiger partial charge in [0.15, 0.2) is 0 Å². The molecule has 0 bridgehead atoms. The van der Waals surface area contributed by atoms with Crippen LogP contribution < -0.4 is 5.32 Å². The van der Waals surface area contributed by atoms with Crippen LogP contribution in [-0.4, -0.2) is 42.3 Å². The smallest absolute Gasteiger partial charge is 0.223 e. The Bertz CT molecular complexity index is 326. The van der Waals surface area contributed by atoms with E-state index in [4.69, 9.17) is 0 Å². The second-order valence-electron chi connectivity index (χ2n) is 5.82. The lowest BCUT2D eigenvalue weighted by atomic mass is 9.92. The van der Waals surface area contributed by atoms with Crippen molar-refractivity contribution in [1.29, 1.82) is 0 Å². The second-order valence-corrected chi connectivity index (χ2v) is 5.82. The predicted molar refractivity (Wildman–Crippen MR) is 70.2 cm³/mol. The first kappa shape index (κ1) is 13.5. The van der Waals surface area contributed by atoms with Crippen LogP contribution in [0.2, 0.25) is 0 Å². The molecule has 1 amide bonds. The average Bonchev–Trinajstić information content (AvgIpc) is 3.19. The van der Waals surface area contributed by atoms with Crippen molar-refractivity contribution in [3.8, 4) is 0 Å². The summed E-state index contributed by atoms with van der Waals surface area (Å²) in [7, 11) is 2.00. The fraction of sp³-hybridized carbons (Fsp3) is 0.857. The molecule has 2 aliphatic rings. The number of nitrogens with zero attached hydrogens (tertiary/aromatic N) is 1. The molecule has 0 aromatic rings. The number of carbonyl (C=O) groups excluding carboxylic acids is 2. The number of carbonyl (C=O) groups is 2. The lowest BCUT2D eigenvalue weighted by Gasteiger charge is -2.41. The van der Waals surface area contributed by atoms with E-state index < -0.39 is 0 Å². The van der Waals surface area contributed by atoms with Crippen molar-refractivity contribution in [2.24, 2.45) is 5.92 Å². The van der Waals surface area contributed by atoms with E-state index in [0.29, 0.717) is 12.5 Å². The van der Waals surface area contributed by atoms with Crippen molar-refractivity contribution in [3.05, 3.63) is 0 Å². The SMILES string of the molecule is CNC1(C2CCCCN2C(=O)CC(C)C=O)CC1. The van der Waals surface area contributed by atoms with Crippen LogP contribution >= 0.6 is 0 Å². The molecule has 0 aromatic heterocycles. The molecule has 2 unspecified atom stereocenters. The normalized spacial score (nSPS) is 27.7. The summed E-state index contributed by atoms with van der Waals surface area (Å²) >= 11 is 0. The number of likely N-dealkylation sites (N-methyl/N-ethyl adjacent to an activating group) is 1. The average molecular weight is 252 g/mol. The number of likely N-dealkylation sites (tertiary alicyclic amines) is 1. The van der Waals surface area contributed by atoms with E-state index in [2.05, 4.69) is 5.32 Å². The number of nitrogens with one attached hydrogen (secondary N) is 1. The van der Waals surface area contributed by atoms with Crippen LogP contribution in [0.3, 0.4) is 0 Å². The van der Waals surface area contributed by atoms with Crippen molar-refractivity contribution in [1.82, 2.24) is 10.2 Å². The number of hydrogen-bond acceptors (Lipinski definition) is 3. The van der Waals surface area contributed by atoms with Gasteiger partial charge in [0.25, 0.3) is 0 Å². The Morgan fingerprint density at radius 2 is 2.22 bits per heavy atom. The molecule has 1 N–H and O–H groups in total. The molecule has 1 saturated carbocycles. The summed E-state index contributed by atoms with van der Waals surface area (Å²) in [5, 5.41) is 3.41. The van der Waals surface area contributed by atoms with Gasteiger partial charge in [-0.25, -0.2) is 0 Å². The van der Waals surface area contributed by atoms with Crippen molar-refractivity contribution in [2.75, 3.05) is 13.6 Å². The first-order valence-electron chi connectivity index (χ1n) is 7.06. The van der Waals surface area contributed by atoms with Gasteiger partial charge in [-0.05, 0) is 39.2 Å². The zero-order chi connectivity index (χ0) is 13.2. The summed E-state index contributed by atoms with van der Waals surface area (Å²) in [4.78, 5) is 25.0. The second kappa shape index (κ2) is 5.39. The summed E-state index contributed by atoms with van der Waals surface area (Å²) in [6.45, 7) is 2.67. The molecular weight excluding hydrogens is 228 g/mol.